The number of hydrogen-bond donors (Lipinski definition) is 1. The average molecular weight is 419 g/mol. The van der Waals surface area contributed by atoms with Gasteiger partial charge in [-0.25, -0.2) is 8.42 Å². The number of benzene rings is 3. The Hall–Kier alpha value is -3.38. The molecule has 0 aliphatic carbocycles. The van der Waals surface area contributed by atoms with E-state index in [0.717, 1.165) is 6.42 Å². The molecule has 3 aromatic rings. The molecule has 0 spiro atoms. The van der Waals surface area contributed by atoms with E-state index in [1.807, 2.05) is 18.2 Å². The van der Waals surface area contributed by atoms with Crippen LogP contribution in [0.1, 0.15) is 22.3 Å². The predicted molar refractivity (Wildman–Crippen MR) is 119 cm³/mol. The predicted octanol–water partition coefficient (Wildman–Crippen LogP) is 4.42. The molecular formula is C24H22N2O3S. The summed E-state index contributed by atoms with van der Waals surface area (Å²) < 4.78 is 27.4. The number of amides is 1. The van der Waals surface area contributed by atoms with E-state index in [1.165, 1.54) is 23.3 Å². The van der Waals surface area contributed by atoms with Crippen LogP contribution in [0, 0.1) is 0 Å². The van der Waals surface area contributed by atoms with Crippen LogP contribution in [0.4, 0.5) is 5.69 Å². The Balaban J connectivity index is 1.42. The summed E-state index contributed by atoms with van der Waals surface area (Å²) in [5.74, 6) is -0.0594. The van der Waals surface area contributed by atoms with Crippen molar-refractivity contribution in [3.05, 3.63) is 102 Å². The summed E-state index contributed by atoms with van der Waals surface area (Å²) in [5, 5.41) is 0. The molecule has 5 nitrogen and oxygen atoms in total. The molecule has 0 saturated carbocycles. The number of rotatable bonds is 5. The molecular weight excluding hydrogens is 396 g/mol. The van der Waals surface area contributed by atoms with Gasteiger partial charge in [-0.3, -0.25) is 9.52 Å². The third-order valence-corrected chi connectivity index (χ3v) is 6.48. The number of nitrogens with one attached hydrogen (secondary N) is 1. The zero-order chi connectivity index (χ0) is 21.0. The quantitative estimate of drug-likeness (QED) is 0.667. The monoisotopic (exact) mass is 418 g/mol. The lowest BCUT2D eigenvalue weighted by atomic mass is 9.99. The number of nitrogens with zero attached hydrogens (tertiary/aromatic N) is 1. The van der Waals surface area contributed by atoms with Crippen molar-refractivity contribution in [1.82, 2.24) is 4.90 Å². The van der Waals surface area contributed by atoms with Crippen LogP contribution >= 0.6 is 0 Å². The van der Waals surface area contributed by atoms with E-state index in [4.69, 9.17) is 0 Å². The maximum absolute atomic E-state index is 12.8. The summed E-state index contributed by atoms with van der Waals surface area (Å²) in [6, 6.07) is 24.9. The largest absolute Gasteiger partial charge is 0.335 e. The SMILES string of the molecule is O=C(c1ccc(NS(=O)(=O)c2ccccc2)cc1)N1CC=C(c2ccccc2)CC1. The van der Waals surface area contributed by atoms with Crippen LogP contribution in [0.2, 0.25) is 0 Å². The van der Waals surface area contributed by atoms with Crippen LogP contribution in [0.3, 0.4) is 0 Å². The standard InChI is InChI=1S/C24H22N2O3S/c27-24(26-17-15-20(16-18-26)19-7-3-1-4-8-19)21-11-13-22(14-12-21)25-30(28,29)23-9-5-2-6-10-23/h1-15,25H,16-18H2. The normalized spacial score (nSPS) is 14.1. The Morgan fingerprint density at radius 2 is 1.47 bits per heavy atom. The topological polar surface area (TPSA) is 66.5 Å². The molecule has 1 N–H and O–H groups in total. The van der Waals surface area contributed by atoms with Crippen molar-refractivity contribution >= 4 is 27.2 Å². The van der Waals surface area contributed by atoms with E-state index >= 15 is 0 Å². The average Bonchev–Trinajstić information content (AvgIpc) is 2.80. The zero-order valence-corrected chi connectivity index (χ0v) is 17.2. The van der Waals surface area contributed by atoms with Crippen LogP contribution in [0.15, 0.2) is 95.9 Å². The lowest BCUT2D eigenvalue weighted by Crippen LogP contribution is -2.34. The van der Waals surface area contributed by atoms with E-state index in [1.54, 1.807) is 47.4 Å². The maximum atomic E-state index is 12.8. The fourth-order valence-electron chi connectivity index (χ4n) is 3.45. The van der Waals surface area contributed by atoms with E-state index in [2.05, 4.69) is 22.9 Å². The van der Waals surface area contributed by atoms with Gasteiger partial charge in [0, 0.05) is 24.3 Å². The minimum absolute atomic E-state index is 0.0594. The lowest BCUT2D eigenvalue weighted by Gasteiger charge is -2.27. The van der Waals surface area contributed by atoms with Gasteiger partial charge in [-0.2, -0.15) is 0 Å². The van der Waals surface area contributed by atoms with Gasteiger partial charge in [0.15, 0.2) is 0 Å². The Kier molecular flexibility index (Phi) is 5.68. The molecule has 152 valence electrons. The van der Waals surface area contributed by atoms with E-state index in [9.17, 15) is 13.2 Å². The third-order valence-electron chi connectivity index (χ3n) is 5.08. The lowest BCUT2D eigenvalue weighted by molar-refractivity contribution is 0.0773. The van der Waals surface area contributed by atoms with Crippen LogP contribution < -0.4 is 4.72 Å². The molecule has 1 amide bonds. The van der Waals surface area contributed by atoms with Crippen molar-refractivity contribution in [3.63, 3.8) is 0 Å². The van der Waals surface area contributed by atoms with Gasteiger partial charge in [0.05, 0.1) is 4.90 Å². The second-order valence-corrected chi connectivity index (χ2v) is 8.77. The molecule has 4 rings (SSSR count). The number of hydrogen-bond acceptors (Lipinski definition) is 3. The Labute approximate surface area is 176 Å². The van der Waals surface area contributed by atoms with Crippen molar-refractivity contribution in [2.45, 2.75) is 11.3 Å². The smallest absolute Gasteiger partial charge is 0.261 e. The van der Waals surface area contributed by atoms with Crippen LogP contribution in [0.25, 0.3) is 5.57 Å². The van der Waals surface area contributed by atoms with Crippen molar-refractivity contribution in [1.29, 1.82) is 0 Å². The summed E-state index contributed by atoms with van der Waals surface area (Å²) >= 11 is 0. The molecule has 0 aromatic heterocycles. The summed E-state index contributed by atoms with van der Waals surface area (Å²) in [7, 11) is -3.65. The number of sulfonamides is 1. The zero-order valence-electron chi connectivity index (χ0n) is 16.4. The van der Waals surface area contributed by atoms with Gasteiger partial charge in [-0.15, -0.1) is 0 Å². The molecule has 6 heteroatoms. The Morgan fingerprint density at radius 1 is 0.833 bits per heavy atom. The Morgan fingerprint density at radius 3 is 2.07 bits per heavy atom. The fraction of sp³-hybridized carbons (Fsp3) is 0.125. The van der Waals surface area contributed by atoms with Crippen LogP contribution in [0.5, 0.6) is 0 Å². The highest BCUT2D eigenvalue weighted by atomic mass is 32.2. The molecule has 1 aliphatic heterocycles. The second-order valence-electron chi connectivity index (χ2n) is 7.09. The molecule has 0 saturated heterocycles. The molecule has 1 aliphatic rings. The molecule has 0 bridgehead atoms. The summed E-state index contributed by atoms with van der Waals surface area (Å²) in [6.45, 7) is 1.22. The minimum Gasteiger partial charge on any atom is -0.335 e. The van der Waals surface area contributed by atoms with Crippen LogP contribution in [-0.4, -0.2) is 32.3 Å². The third kappa shape index (κ3) is 4.44. The van der Waals surface area contributed by atoms with Gasteiger partial charge in [0.25, 0.3) is 15.9 Å². The van der Waals surface area contributed by atoms with Gasteiger partial charge in [0.1, 0.15) is 0 Å². The van der Waals surface area contributed by atoms with Gasteiger partial charge in [-0.05, 0) is 54.0 Å². The molecule has 0 fully saturated rings. The van der Waals surface area contributed by atoms with Gasteiger partial charge in [-0.1, -0.05) is 54.6 Å². The first-order chi connectivity index (χ1) is 14.5. The highest BCUT2D eigenvalue weighted by molar-refractivity contribution is 7.92. The highest BCUT2D eigenvalue weighted by Crippen LogP contribution is 2.23. The highest BCUT2D eigenvalue weighted by Gasteiger charge is 2.20. The molecule has 0 unspecified atom stereocenters. The fourth-order valence-corrected chi connectivity index (χ4v) is 4.52. The molecule has 30 heavy (non-hydrogen) atoms. The van der Waals surface area contributed by atoms with E-state index in [0.29, 0.717) is 24.3 Å². The molecule has 0 radical (unpaired) electrons. The number of carbonyl (C=O) groups excluding carboxylic acids is 1. The van der Waals surface area contributed by atoms with E-state index in [-0.39, 0.29) is 10.8 Å². The van der Waals surface area contributed by atoms with E-state index < -0.39 is 10.0 Å². The number of carbonyl (C=O) groups is 1. The Bertz CT molecular complexity index is 1160. The summed E-state index contributed by atoms with van der Waals surface area (Å²) in [4.78, 5) is 14.8. The van der Waals surface area contributed by atoms with Crippen LogP contribution in [-0.2, 0) is 10.0 Å². The van der Waals surface area contributed by atoms with Crippen molar-refractivity contribution in [2.75, 3.05) is 17.8 Å². The summed E-state index contributed by atoms with van der Waals surface area (Å²) in [6.07, 6.45) is 2.91. The molecule has 1 heterocycles. The van der Waals surface area contributed by atoms with Gasteiger partial charge in [0.2, 0.25) is 0 Å². The van der Waals surface area contributed by atoms with Crippen molar-refractivity contribution < 1.29 is 13.2 Å². The first-order valence-corrected chi connectivity index (χ1v) is 11.2. The van der Waals surface area contributed by atoms with Crippen molar-refractivity contribution in [3.8, 4) is 0 Å². The van der Waals surface area contributed by atoms with Gasteiger partial charge >= 0.3 is 0 Å². The maximum Gasteiger partial charge on any atom is 0.261 e. The minimum atomic E-state index is -3.65. The first-order valence-electron chi connectivity index (χ1n) is 9.74. The summed E-state index contributed by atoms with van der Waals surface area (Å²) in [5.41, 5.74) is 3.40. The number of anilines is 1. The molecule has 0 atom stereocenters. The second kappa shape index (κ2) is 8.55. The van der Waals surface area contributed by atoms with Crippen molar-refractivity contribution in [2.24, 2.45) is 0 Å². The molecule has 3 aromatic carbocycles. The first kappa shape index (κ1) is 19.9. The van der Waals surface area contributed by atoms with Gasteiger partial charge < -0.3 is 4.90 Å².